The summed E-state index contributed by atoms with van der Waals surface area (Å²) >= 11 is 12.1. The van der Waals surface area contributed by atoms with Crippen LogP contribution in [0.2, 0.25) is 10.0 Å². The van der Waals surface area contributed by atoms with Gasteiger partial charge in [-0.3, -0.25) is 24.0 Å². The van der Waals surface area contributed by atoms with E-state index in [0.29, 0.717) is 30.1 Å². The van der Waals surface area contributed by atoms with Gasteiger partial charge in [0.1, 0.15) is 18.1 Å². The molecule has 0 aromatic heterocycles. The molecule has 0 unspecified atom stereocenters. The van der Waals surface area contributed by atoms with Gasteiger partial charge < -0.3 is 30.3 Å². The third kappa shape index (κ3) is 7.75. The number of amides is 4. The van der Waals surface area contributed by atoms with Gasteiger partial charge in [0.2, 0.25) is 24.0 Å². The lowest BCUT2D eigenvalue weighted by molar-refractivity contribution is -0.168. The fourth-order valence-corrected chi connectivity index (χ4v) is 5.04. The van der Waals surface area contributed by atoms with Crippen LogP contribution in [0.1, 0.15) is 49.0 Å². The van der Waals surface area contributed by atoms with Gasteiger partial charge in [0.25, 0.3) is 5.91 Å². The maximum absolute atomic E-state index is 13.3. The van der Waals surface area contributed by atoms with Crippen LogP contribution in [0.3, 0.4) is 0 Å². The molecule has 0 bridgehead atoms. The highest BCUT2D eigenvalue weighted by Crippen LogP contribution is 2.24. The Morgan fingerprint density at radius 1 is 1.12 bits per heavy atom. The minimum Gasteiger partial charge on any atom is -0.433 e. The number of hydrogen-bond donors (Lipinski definition) is 3. The van der Waals surface area contributed by atoms with Crippen molar-refractivity contribution in [2.24, 2.45) is 0 Å². The number of cyclic esters (lactones) is 1. The standard InChI is InChI=1S/C28H30Cl2N4O7/c1-15(31-25(37)18-7-10-21(20(30)12-18)32-16(2)35)27(39)34-11-3-4-23(34)26(38)33-22-13-24(36)41-28(22)40-14-17-5-8-19(29)9-6-17/h5-10,12,15,22-23,28H,3-4,11,13-14H2,1-2H3,(H,31,37)(H,32,35)(H,33,38)/t15-,22-,23-,28+/m0/s1. The summed E-state index contributed by atoms with van der Waals surface area (Å²) in [5, 5.41) is 8.76. The number of benzene rings is 2. The predicted octanol–water partition coefficient (Wildman–Crippen LogP) is 3.04. The first-order valence-electron chi connectivity index (χ1n) is 13.1. The molecule has 2 aromatic carbocycles. The van der Waals surface area contributed by atoms with Crippen molar-refractivity contribution in [1.29, 1.82) is 0 Å². The van der Waals surface area contributed by atoms with Gasteiger partial charge in [-0.25, -0.2) is 0 Å². The van der Waals surface area contributed by atoms with Crippen molar-refractivity contribution in [1.82, 2.24) is 15.5 Å². The molecule has 2 fully saturated rings. The smallest absolute Gasteiger partial charge is 0.310 e. The van der Waals surface area contributed by atoms with Crippen molar-refractivity contribution in [3.8, 4) is 0 Å². The van der Waals surface area contributed by atoms with E-state index in [1.807, 2.05) is 0 Å². The Labute approximate surface area is 246 Å². The van der Waals surface area contributed by atoms with Crippen LogP contribution in [0.4, 0.5) is 5.69 Å². The van der Waals surface area contributed by atoms with E-state index in [9.17, 15) is 24.0 Å². The number of halogens is 2. The third-order valence-corrected chi connectivity index (χ3v) is 7.28. The van der Waals surface area contributed by atoms with E-state index >= 15 is 0 Å². The molecule has 4 atom stereocenters. The van der Waals surface area contributed by atoms with E-state index in [-0.39, 0.29) is 29.5 Å². The number of rotatable bonds is 9. The Balaban J connectivity index is 1.34. The summed E-state index contributed by atoms with van der Waals surface area (Å²) in [6.07, 6.45) is -0.0138. The van der Waals surface area contributed by atoms with Crippen LogP contribution in [-0.2, 0) is 35.3 Å². The second-order valence-corrected chi connectivity index (χ2v) is 10.7. The molecule has 13 heteroatoms. The van der Waals surface area contributed by atoms with E-state index in [4.69, 9.17) is 32.7 Å². The Kier molecular flexibility index (Phi) is 9.85. The van der Waals surface area contributed by atoms with Gasteiger partial charge in [0.05, 0.1) is 23.7 Å². The highest BCUT2D eigenvalue weighted by Gasteiger charge is 2.41. The average Bonchev–Trinajstić information content (AvgIpc) is 3.55. The molecule has 2 aromatic rings. The molecule has 0 saturated carbocycles. The fraction of sp³-hybridized carbons (Fsp3) is 0.393. The van der Waals surface area contributed by atoms with Gasteiger partial charge in [-0.05, 0) is 55.7 Å². The molecule has 0 spiro atoms. The second-order valence-electron chi connectivity index (χ2n) is 9.88. The number of nitrogens with one attached hydrogen (secondary N) is 3. The zero-order chi connectivity index (χ0) is 29.7. The summed E-state index contributed by atoms with van der Waals surface area (Å²) in [7, 11) is 0. The topological polar surface area (TPSA) is 143 Å². The number of likely N-dealkylation sites (tertiary alicyclic amines) is 1. The number of hydrogen-bond acceptors (Lipinski definition) is 7. The van der Waals surface area contributed by atoms with E-state index in [2.05, 4.69) is 16.0 Å². The summed E-state index contributed by atoms with van der Waals surface area (Å²) in [4.78, 5) is 63.9. The number of anilines is 1. The summed E-state index contributed by atoms with van der Waals surface area (Å²) in [5.74, 6) is -2.20. The highest BCUT2D eigenvalue weighted by atomic mass is 35.5. The molecule has 218 valence electrons. The summed E-state index contributed by atoms with van der Waals surface area (Å²) in [6, 6.07) is 8.93. The van der Waals surface area contributed by atoms with Crippen LogP contribution >= 0.6 is 23.2 Å². The Hall–Kier alpha value is -3.67. The predicted molar refractivity (Wildman–Crippen MR) is 150 cm³/mol. The van der Waals surface area contributed by atoms with Gasteiger partial charge in [-0.2, -0.15) is 0 Å². The van der Waals surface area contributed by atoms with Crippen molar-refractivity contribution in [3.05, 3.63) is 63.6 Å². The molecule has 41 heavy (non-hydrogen) atoms. The molecule has 4 rings (SSSR count). The van der Waals surface area contributed by atoms with E-state index in [1.54, 1.807) is 24.3 Å². The lowest BCUT2D eigenvalue weighted by Gasteiger charge is -2.28. The molecule has 0 aliphatic carbocycles. The first-order chi connectivity index (χ1) is 19.5. The number of carbonyl (C=O) groups excluding carboxylic acids is 5. The van der Waals surface area contributed by atoms with Crippen molar-refractivity contribution in [3.63, 3.8) is 0 Å². The van der Waals surface area contributed by atoms with E-state index < -0.39 is 48.1 Å². The SMILES string of the molecule is CC(=O)Nc1ccc(C(=O)N[C@@H](C)C(=O)N2CCC[C@H]2C(=O)N[C@H]2CC(=O)O[C@H]2OCc2ccc(Cl)cc2)cc1Cl. The van der Waals surface area contributed by atoms with E-state index in [1.165, 1.54) is 36.9 Å². The maximum atomic E-state index is 13.3. The van der Waals surface area contributed by atoms with Gasteiger partial charge in [0, 0.05) is 24.1 Å². The maximum Gasteiger partial charge on any atom is 0.310 e. The molecule has 11 nitrogen and oxygen atoms in total. The highest BCUT2D eigenvalue weighted by molar-refractivity contribution is 6.34. The van der Waals surface area contributed by atoms with Crippen LogP contribution in [-0.4, -0.2) is 65.5 Å². The van der Waals surface area contributed by atoms with Crippen molar-refractivity contribution in [2.45, 2.75) is 64.1 Å². The number of ether oxygens (including phenoxy) is 2. The molecule has 3 N–H and O–H groups in total. The Morgan fingerprint density at radius 3 is 2.54 bits per heavy atom. The Bertz CT molecular complexity index is 1340. The fourth-order valence-electron chi connectivity index (χ4n) is 4.68. The summed E-state index contributed by atoms with van der Waals surface area (Å²) in [5.41, 5.74) is 1.38. The largest absolute Gasteiger partial charge is 0.433 e. The molecule has 0 radical (unpaired) electrons. The minimum atomic E-state index is -0.977. The first kappa shape index (κ1) is 30.3. The molecule has 2 aliphatic heterocycles. The lowest BCUT2D eigenvalue weighted by Crippen LogP contribution is -2.54. The van der Waals surface area contributed by atoms with Crippen LogP contribution in [0, 0.1) is 0 Å². The van der Waals surface area contributed by atoms with Crippen molar-refractivity contribution >= 4 is 58.5 Å². The summed E-state index contributed by atoms with van der Waals surface area (Å²) in [6.45, 7) is 3.36. The number of carbonyl (C=O) groups is 5. The van der Waals surface area contributed by atoms with Gasteiger partial charge >= 0.3 is 5.97 Å². The molecule has 2 aliphatic rings. The average molecular weight is 605 g/mol. The van der Waals surface area contributed by atoms with Crippen molar-refractivity contribution < 1.29 is 33.4 Å². The number of esters is 1. The molecule has 4 amide bonds. The van der Waals surface area contributed by atoms with E-state index in [0.717, 1.165) is 5.56 Å². The lowest BCUT2D eigenvalue weighted by atomic mass is 10.1. The second kappa shape index (κ2) is 13.3. The van der Waals surface area contributed by atoms with Crippen LogP contribution in [0.15, 0.2) is 42.5 Å². The molecular formula is C28H30Cl2N4O7. The minimum absolute atomic E-state index is 0.0621. The van der Waals surface area contributed by atoms with Crippen LogP contribution < -0.4 is 16.0 Å². The van der Waals surface area contributed by atoms with Crippen LogP contribution in [0.5, 0.6) is 0 Å². The van der Waals surface area contributed by atoms with Gasteiger partial charge in [-0.15, -0.1) is 0 Å². The number of nitrogens with zero attached hydrogens (tertiary/aromatic N) is 1. The zero-order valence-electron chi connectivity index (χ0n) is 22.4. The van der Waals surface area contributed by atoms with Gasteiger partial charge in [-0.1, -0.05) is 35.3 Å². The monoisotopic (exact) mass is 604 g/mol. The Morgan fingerprint density at radius 2 is 1.85 bits per heavy atom. The normalized spacial score (nSPS) is 20.7. The quantitative estimate of drug-likeness (QED) is 0.373. The third-order valence-electron chi connectivity index (χ3n) is 6.72. The van der Waals surface area contributed by atoms with Gasteiger partial charge in [0.15, 0.2) is 0 Å². The summed E-state index contributed by atoms with van der Waals surface area (Å²) < 4.78 is 11.0. The molecule has 2 saturated heterocycles. The molecular weight excluding hydrogens is 575 g/mol. The first-order valence-corrected chi connectivity index (χ1v) is 13.8. The van der Waals surface area contributed by atoms with Crippen molar-refractivity contribution in [2.75, 3.05) is 11.9 Å². The zero-order valence-corrected chi connectivity index (χ0v) is 24.0. The molecule has 2 heterocycles. The van der Waals surface area contributed by atoms with Crippen LogP contribution in [0.25, 0.3) is 0 Å².